The Morgan fingerprint density at radius 2 is 2.00 bits per heavy atom. The van der Waals surface area contributed by atoms with Gasteiger partial charge < -0.3 is 10.6 Å². The first kappa shape index (κ1) is 14.1. The molecule has 0 atom stereocenters. The number of pyridine rings is 1. The highest BCUT2D eigenvalue weighted by atomic mass is 16.1. The van der Waals surface area contributed by atoms with E-state index in [2.05, 4.69) is 22.5 Å². The number of hydrogen-bond acceptors (Lipinski definition) is 3. The normalized spacial score (nSPS) is 10.2. The van der Waals surface area contributed by atoms with Gasteiger partial charge >= 0.3 is 0 Å². The van der Waals surface area contributed by atoms with Crippen LogP contribution in [-0.4, -0.2) is 17.9 Å². The summed E-state index contributed by atoms with van der Waals surface area (Å²) in [6.45, 7) is 3.96. The fourth-order valence-corrected chi connectivity index (χ4v) is 2.09. The van der Waals surface area contributed by atoms with Gasteiger partial charge in [-0.1, -0.05) is 25.1 Å². The zero-order chi connectivity index (χ0) is 14.5. The molecule has 4 nitrogen and oxygen atoms in total. The van der Waals surface area contributed by atoms with Gasteiger partial charge in [0.05, 0.1) is 11.3 Å². The molecular weight excluding hydrogens is 250 g/mol. The minimum Gasteiger partial charge on any atom is -0.387 e. The Balaban J connectivity index is 2.28. The third-order valence-electron chi connectivity index (χ3n) is 3.20. The summed E-state index contributed by atoms with van der Waals surface area (Å²) in [5, 5.41) is 5.98. The molecule has 0 radical (unpaired) electrons. The zero-order valence-corrected chi connectivity index (χ0v) is 12.0. The number of aromatic nitrogens is 1. The second-order valence-electron chi connectivity index (χ2n) is 4.59. The molecule has 0 spiro atoms. The Morgan fingerprint density at radius 3 is 2.70 bits per heavy atom. The molecule has 0 aliphatic carbocycles. The standard InChI is InChI=1S/C16H19N3O/c1-4-12-7-5-6-8-14(12)19-16(20)13-10-18-11(2)9-15(13)17-3/h5-10H,4H2,1-3H3,(H,17,18)(H,19,20). The van der Waals surface area contributed by atoms with E-state index in [1.165, 1.54) is 0 Å². The van der Waals surface area contributed by atoms with Crippen molar-refractivity contribution in [1.29, 1.82) is 0 Å². The number of anilines is 2. The van der Waals surface area contributed by atoms with Gasteiger partial charge in [-0.05, 0) is 31.0 Å². The van der Waals surface area contributed by atoms with Crippen LogP contribution in [0.1, 0.15) is 28.5 Å². The molecule has 2 N–H and O–H groups in total. The first-order chi connectivity index (χ1) is 9.65. The molecule has 0 aliphatic heterocycles. The molecule has 20 heavy (non-hydrogen) atoms. The summed E-state index contributed by atoms with van der Waals surface area (Å²) < 4.78 is 0. The molecule has 2 aromatic rings. The molecule has 4 heteroatoms. The largest absolute Gasteiger partial charge is 0.387 e. The number of amides is 1. The number of benzene rings is 1. The van der Waals surface area contributed by atoms with Crippen molar-refractivity contribution in [3.63, 3.8) is 0 Å². The van der Waals surface area contributed by atoms with Crippen molar-refractivity contribution in [1.82, 2.24) is 4.98 Å². The van der Waals surface area contributed by atoms with E-state index >= 15 is 0 Å². The monoisotopic (exact) mass is 269 g/mol. The van der Waals surface area contributed by atoms with Gasteiger partial charge in [0.1, 0.15) is 0 Å². The minimum atomic E-state index is -0.150. The fourth-order valence-electron chi connectivity index (χ4n) is 2.09. The number of aryl methyl sites for hydroxylation is 2. The molecule has 1 amide bonds. The zero-order valence-electron chi connectivity index (χ0n) is 12.0. The van der Waals surface area contributed by atoms with E-state index in [4.69, 9.17) is 0 Å². The van der Waals surface area contributed by atoms with Gasteiger partial charge in [-0.3, -0.25) is 9.78 Å². The van der Waals surface area contributed by atoms with Gasteiger partial charge in [0.25, 0.3) is 5.91 Å². The van der Waals surface area contributed by atoms with Gasteiger partial charge in [0.2, 0.25) is 0 Å². The second kappa shape index (κ2) is 6.19. The number of nitrogens with zero attached hydrogens (tertiary/aromatic N) is 1. The van der Waals surface area contributed by atoms with Crippen molar-refractivity contribution in [2.75, 3.05) is 17.7 Å². The first-order valence-corrected chi connectivity index (χ1v) is 6.69. The maximum atomic E-state index is 12.4. The van der Waals surface area contributed by atoms with Crippen LogP contribution < -0.4 is 10.6 Å². The van der Waals surface area contributed by atoms with Gasteiger partial charge in [0.15, 0.2) is 0 Å². The van der Waals surface area contributed by atoms with Gasteiger partial charge in [-0.25, -0.2) is 0 Å². The molecule has 0 aliphatic rings. The van der Waals surface area contributed by atoms with E-state index in [-0.39, 0.29) is 5.91 Å². The Labute approximate surface area is 119 Å². The Morgan fingerprint density at radius 1 is 1.25 bits per heavy atom. The van der Waals surface area contributed by atoms with Crippen LogP contribution in [0.3, 0.4) is 0 Å². The van der Waals surface area contributed by atoms with E-state index < -0.39 is 0 Å². The Bertz CT molecular complexity index is 623. The van der Waals surface area contributed by atoms with E-state index in [1.807, 2.05) is 37.3 Å². The lowest BCUT2D eigenvalue weighted by Gasteiger charge is -2.12. The van der Waals surface area contributed by atoms with Crippen LogP contribution in [0.25, 0.3) is 0 Å². The molecule has 1 aromatic heterocycles. The topological polar surface area (TPSA) is 54.0 Å². The average Bonchev–Trinajstić information content (AvgIpc) is 2.47. The third-order valence-corrected chi connectivity index (χ3v) is 3.20. The van der Waals surface area contributed by atoms with E-state index in [9.17, 15) is 4.79 Å². The van der Waals surface area contributed by atoms with Crippen LogP contribution in [0.5, 0.6) is 0 Å². The van der Waals surface area contributed by atoms with Gasteiger partial charge in [0, 0.05) is 24.6 Å². The summed E-state index contributed by atoms with van der Waals surface area (Å²) in [7, 11) is 1.80. The van der Waals surface area contributed by atoms with Crippen LogP contribution in [0, 0.1) is 6.92 Å². The number of rotatable bonds is 4. The smallest absolute Gasteiger partial charge is 0.259 e. The molecule has 1 aromatic carbocycles. The van der Waals surface area contributed by atoms with E-state index in [1.54, 1.807) is 13.2 Å². The molecule has 0 saturated carbocycles. The van der Waals surface area contributed by atoms with Crippen LogP contribution in [0.15, 0.2) is 36.5 Å². The maximum Gasteiger partial charge on any atom is 0.259 e. The molecule has 0 fully saturated rings. The molecule has 104 valence electrons. The lowest BCUT2D eigenvalue weighted by molar-refractivity contribution is 0.102. The number of para-hydroxylation sites is 1. The highest BCUT2D eigenvalue weighted by Gasteiger charge is 2.13. The maximum absolute atomic E-state index is 12.4. The molecule has 0 bridgehead atoms. The summed E-state index contributed by atoms with van der Waals surface area (Å²) in [5.41, 5.74) is 4.17. The molecule has 0 saturated heterocycles. The van der Waals surface area contributed by atoms with Crippen LogP contribution in [0.2, 0.25) is 0 Å². The van der Waals surface area contributed by atoms with Crippen LogP contribution in [-0.2, 0) is 6.42 Å². The second-order valence-corrected chi connectivity index (χ2v) is 4.59. The SMILES string of the molecule is CCc1ccccc1NC(=O)c1cnc(C)cc1NC. The quantitative estimate of drug-likeness (QED) is 0.895. The van der Waals surface area contributed by atoms with Crippen molar-refractivity contribution >= 4 is 17.3 Å². The molecule has 0 unspecified atom stereocenters. The van der Waals surface area contributed by atoms with Crippen molar-refractivity contribution in [2.45, 2.75) is 20.3 Å². The highest BCUT2D eigenvalue weighted by molar-refractivity contribution is 6.08. The predicted octanol–water partition coefficient (Wildman–Crippen LogP) is 3.25. The summed E-state index contributed by atoms with van der Waals surface area (Å²) in [6, 6.07) is 9.68. The lowest BCUT2D eigenvalue weighted by atomic mass is 10.1. The number of carbonyl (C=O) groups is 1. The minimum absolute atomic E-state index is 0.150. The van der Waals surface area contributed by atoms with Gasteiger partial charge in [-0.15, -0.1) is 0 Å². The summed E-state index contributed by atoms with van der Waals surface area (Å²) in [4.78, 5) is 16.6. The van der Waals surface area contributed by atoms with Crippen LogP contribution >= 0.6 is 0 Å². The summed E-state index contributed by atoms with van der Waals surface area (Å²) in [5.74, 6) is -0.150. The number of nitrogens with one attached hydrogen (secondary N) is 2. The molecule has 2 rings (SSSR count). The number of carbonyl (C=O) groups excluding carboxylic acids is 1. The predicted molar refractivity (Wildman–Crippen MR) is 82.3 cm³/mol. The molecular formula is C16H19N3O. The van der Waals surface area contributed by atoms with Crippen molar-refractivity contribution in [3.05, 3.63) is 53.3 Å². The highest BCUT2D eigenvalue weighted by Crippen LogP contribution is 2.20. The lowest BCUT2D eigenvalue weighted by Crippen LogP contribution is -2.15. The first-order valence-electron chi connectivity index (χ1n) is 6.69. The van der Waals surface area contributed by atoms with Crippen molar-refractivity contribution < 1.29 is 4.79 Å². The van der Waals surface area contributed by atoms with Crippen molar-refractivity contribution in [3.8, 4) is 0 Å². The van der Waals surface area contributed by atoms with Crippen molar-refractivity contribution in [2.24, 2.45) is 0 Å². The van der Waals surface area contributed by atoms with Crippen LogP contribution in [0.4, 0.5) is 11.4 Å². The fraction of sp³-hybridized carbons (Fsp3) is 0.250. The average molecular weight is 269 g/mol. The Kier molecular flexibility index (Phi) is 4.35. The number of hydrogen-bond donors (Lipinski definition) is 2. The van der Waals surface area contributed by atoms with E-state index in [0.717, 1.165) is 29.1 Å². The summed E-state index contributed by atoms with van der Waals surface area (Å²) in [6.07, 6.45) is 2.48. The summed E-state index contributed by atoms with van der Waals surface area (Å²) >= 11 is 0. The van der Waals surface area contributed by atoms with Gasteiger partial charge in [-0.2, -0.15) is 0 Å². The van der Waals surface area contributed by atoms with E-state index in [0.29, 0.717) is 5.56 Å². The third kappa shape index (κ3) is 2.96. The molecule has 1 heterocycles. The Hall–Kier alpha value is -2.36.